The Morgan fingerprint density at radius 3 is 2.64 bits per heavy atom. The molecule has 1 heterocycles. The van der Waals surface area contributed by atoms with Crippen LogP contribution in [0.2, 0.25) is 0 Å². The third kappa shape index (κ3) is 5.37. The second kappa shape index (κ2) is 8.38. The van der Waals surface area contributed by atoms with Gasteiger partial charge in [-0.15, -0.1) is 11.3 Å². The van der Waals surface area contributed by atoms with E-state index in [1.807, 2.05) is 5.38 Å². The van der Waals surface area contributed by atoms with Crippen LogP contribution in [0.25, 0.3) is 0 Å². The number of Topliss-reactive ketones (excluding diaryl/α,β-unsaturated/α-hetero) is 1. The SMILES string of the molecule is O=C(CCCC(=O)c1ccc(F)cc1)NCCc1cscn1. The van der Waals surface area contributed by atoms with E-state index in [0.717, 1.165) is 5.69 Å². The lowest BCUT2D eigenvalue weighted by Gasteiger charge is -2.04. The largest absolute Gasteiger partial charge is 0.356 e. The van der Waals surface area contributed by atoms with Crippen LogP contribution in [0, 0.1) is 5.82 Å². The van der Waals surface area contributed by atoms with E-state index in [4.69, 9.17) is 0 Å². The molecule has 4 nitrogen and oxygen atoms in total. The topological polar surface area (TPSA) is 59.1 Å². The highest BCUT2D eigenvalue weighted by Gasteiger charge is 2.08. The smallest absolute Gasteiger partial charge is 0.220 e. The summed E-state index contributed by atoms with van der Waals surface area (Å²) in [6.07, 6.45) is 1.79. The van der Waals surface area contributed by atoms with E-state index >= 15 is 0 Å². The molecule has 0 aliphatic heterocycles. The molecule has 0 spiro atoms. The first-order valence-electron chi connectivity index (χ1n) is 7.07. The molecule has 0 radical (unpaired) electrons. The van der Waals surface area contributed by atoms with E-state index in [9.17, 15) is 14.0 Å². The minimum Gasteiger partial charge on any atom is -0.356 e. The summed E-state index contributed by atoms with van der Waals surface area (Å²) in [5, 5.41) is 4.76. The van der Waals surface area contributed by atoms with Crippen LogP contribution in [0.3, 0.4) is 0 Å². The maximum atomic E-state index is 12.8. The Bertz CT molecular complexity index is 612. The van der Waals surface area contributed by atoms with Crippen molar-refractivity contribution in [2.75, 3.05) is 6.54 Å². The number of amides is 1. The van der Waals surface area contributed by atoms with E-state index in [0.29, 0.717) is 31.4 Å². The standard InChI is InChI=1S/C16H17FN2O2S/c17-13-6-4-12(5-7-13)15(20)2-1-3-16(21)18-9-8-14-10-22-11-19-14/h4-7,10-11H,1-3,8-9H2,(H,18,21). The molecule has 0 saturated carbocycles. The first kappa shape index (κ1) is 16.3. The molecule has 6 heteroatoms. The molecule has 0 aliphatic carbocycles. The van der Waals surface area contributed by atoms with Gasteiger partial charge >= 0.3 is 0 Å². The molecule has 22 heavy (non-hydrogen) atoms. The van der Waals surface area contributed by atoms with Gasteiger partial charge in [0.05, 0.1) is 11.2 Å². The van der Waals surface area contributed by atoms with Crippen LogP contribution < -0.4 is 5.32 Å². The predicted octanol–water partition coefficient (Wildman–Crippen LogP) is 2.99. The van der Waals surface area contributed by atoms with E-state index < -0.39 is 0 Å². The van der Waals surface area contributed by atoms with Crippen LogP contribution >= 0.6 is 11.3 Å². The first-order chi connectivity index (χ1) is 10.6. The third-order valence-corrected chi connectivity index (χ3v) is 3.80. The van der Waals surface area contributed by atoms with E-state index in [-0.39, 0.29) is 23.9 Å². The van der Waals surface area contributed by atoms with Crippen molar-refractivity contribution in [2.24, 2.45) is 0 Å². The van der Waals surface area contributed by atoms with Crippen LogP contribution in [0.4, 0.5) is 4.39 Å². The first-order valence-corrected chi connectivity index (χ1v) is 8.02. The molecule has 0 bridgehead atoms. The Balaban J connectivity index is 1.62. The highest BCUT2D eigenvalue weighted by atomic mass is 32.1. The number of nitrogens with zero attached hydrogens (tertiary/aromatic N) is 1. The van der Waals surface area contributed by atoms with Gasteiger partial charge in [0.2, 0.25) is 5.91 Å². The van der Waals surface area contributed by atoms with E-state index in [1.54, 1.807) is 5.51 Å². The van der Waals surface area contributed by atoms with Gasteiger partial charge in [-0.25, -0.2) is 9.37 Å². The highest BCUT2D eigenvalue weighted by Crippen LogP contribution is 2.08. The van der Waals surface area contributed by atoms with E-state index in [2.05, 4.69) is 10.3 Å². The van der Waals surface area contributed by atoms with Crippen molar-refractivity contribution in [3.05, 3.63) is 52.2 Å². The minimum absolute atomic E-state index is 0.0675. The minimum atomic E-state index is -0.365. The maximum Gasteiger partial charge on any atom is 0.220 e. The number of hydrogen-bond acceptors (Lipinski definition) is 4. The second-order valence-corrected chi connectivity index (χ2v) is 5.58. The molecule has 1 N–H and O–H groups in total. The van der Waals surface area contributed by atoms with Crippen molar-refractivity contribution in [2.45, 2.75) is 25.7 Å². The number of carbonyl (C=O) groups excluding carboxylic acids is 2. The zero-order valence-electron chi connectivity index (χ0n) is 12.0. The summed E-state index contributed by atoms with van der Waals surface area (Å²) in [5.41, 5.74) is 3.21. The van der Waals surface area contributed by atoms with Crippen molar-refractivity contribution >= 4 is 23.0 Å². The fourth-order valence-electron chi connectivity index (χ4n) is 1.97. The van der Waals surface area contributed by atoms with Crippen molar-refractivity contribution in [1.29, 1.82) is 0 Å². The average Bonchev–Trinajstić information content (AvgIpc) is 3.01. The average molecular weight is 320 g/mol. The molecule has 0 saturated heterocycles. The number of thiazole rings is 1. The Morgan fingerprint density at radius 2 is 1.95 bits per heavy atom. The Hall–Kier alpha value is -2.08. The quantitative estimate of drug-likeness (QED) is 0.761. The van der Waals surface area contributed by atoms with E-state index in [1.165, 1.54) is 35.6 Å². The van der Waals surface area contributed by atoms with Gasteiger partial charge in [-0.3, -0.25) is 9.59 Å². The third-order valence-electron chi connectivity index (χ3n) is 3.16. The molecule has 0 atom stereocenters. The lowest BCUT2D eigenvalue weighted by atomic mass is 10.1. The normalized spacial score (nSPS) is 10.4. The molecular weight excluding hydrogens is 303 g/mol. The van der Waals surface area contributed by atoms with Crippen molar-refractivity contribution < 1.29 is 14.0 Å². The Labute approximate surface area is 132 Å². The summed E-state index contributed by atoms with van der Waals surface area (Å²) in [5.74, 6) is -0.506. The fraction of sp³-hybridized carbons (Fsp3) is 0.312. The summed E-state index contributed by atoms with van der Waals surface area (Å²) >= 11 is 1.53. The summed E-state index contributed by atoms with van der Waals surface area (Å²) < 4.78 is 12.8. The molecule has 0 unspecified atom stereocenters. The van der Waals surface area contributed by atoms with Crippen LogP contribution in [0.15, 0.2) is 35.2 Å². The molecule has 1 aromatic heterocycles. The zero-order chi connectivity index (χ0) is 15.8. The molecule has 0 fully saturated rings. The monoisotopic (exact) mass is 320 g/mol. The van der Waals surface area contributed by atoms with Crippen LogP contribution in [-0.4, -0.2) is 23.2 Å². The van der Waals surface area contributed by atoms with Gasteiger partial charge in [0, 0.05) is 36.8 Å². The van der Waals surface area contributed by atoms with Gasteiger partial charge in [0.15, 0.2) is 5.78 Å². The summed E-state index contributed by atoms with van der Waals surface area (Å²) in [4.78, 5) is 27.6. The van der Waals surface area contributed by atoms with Crippen LogP contribution in [-0.2, 0) is 11.2 Å². The molecular formula is C16H17FN2O2S. The zero-order valence-corrected chi connectivity index (χ0v) is 12.9. The maximum absolute atomic E-state index is 12.8. The molecule has 116 valence electrons. The summed E-state index contributed by atoms with van der Waals surface area (Å²) in [6.45, 7) is 0.550. The molecule has 1 aromatic carbocycles. The highest BCUT2D eigenvalue weighted by molar-refractivity contribution is 7.07. The Morgan fingerprint density at radius 1 is 1.18 bits per heavy atom. The molecule has 1 amide bonds. The number of rotatable bonds is 8. The van der Waals surface area contributed by atoms with Crippen molar-refractivity contribution in [3.8, 4) is 0 Å². The van der Waals surface area contributed by atoms with Gasteiger partial charge in [-0.2, -0.15) is 0 Å². The number of hydrogen-bond donors (Lipinski definition) is 1. The molecule has 2 rings (SSSR count). The lowest BCUT2D eigenvalue weighted by molar-refractivity contribution is -0.121. The van der Waals surface area contributed by atoms with Gasteiger partial charge in [0.1, 0.15) is 5.82 Å². The number of nitrogens with one attached hydrogen (secondary N) is 1. The van der Waals surface area contributed by atoms with Gasteiger partial charge in [-0.05, 0) is 30.7 Å². The number of ketones is 1. The summed E-state index contributed by atoms with van der Waals surface area (Å²) in [6, 6.07) is 5.45. The number of aromatic nitrogens is 1. The van der Waals surface area contributed by atoms with Crippen LogP contribution in [0.5, 0.6) is 0 Å². The molecule has 2 aromatic rings. The Kier molecular flexibility index (Phi) is 6.21. The lowest BCUT2D eigenvalue weighted by Crippen LogP contribution is -2.25. The number of halogens is 1. The number of benzene rings is 1. The van der Waals surface area contributed by atoms with Gasteiger partial charge < -0.3 is 5.32 Å². The van der Waals surface area contributed by atoms with Crippen molar-refractivity contribution in [1.82, 2.24) is 10.3 Å². The predicted molar refractivity (Wildman–Crippen MR) is 83.4 cm³/mol. The van der Waals surface area contributed by atoms with Crippen LogP contribution in [0.1, 0.15) is 35.3 Å². The fourth-order valence-corrected chi connectivity index (χ4v) is 2.56. The van der Waals surface area contributed by atoms with Crippen molar-refractivity contribution in [3.63, 3.8) is 0 Å². The molecule has 0 aliphatic rings. The summed E-state index contributed by atoms with van der Waals surface area (Å²) in [7, 11) is 0. The van der Waals surface area contributed by atoms with Gasteiger partial charge in [0.25, 0.3) is 0 Å². The second-order valence-electron chi connectivity index (χ2n) is 4.86. The van der Waals surface area contributed by atoms with Gasteiger partial charge in [-0.1, -0.05) is 0 Å². The number of carbonyl (C=O) groups is 2.